The number of hydrogen-bond donors (Lipinski definition) is 0. The van der Waals surface area contributed by atoms with Gasteiger partial charge in [0.2, 0.25) is 0 Å². The standard InChI is InChI=1S/C11H24B/c1-5-6-7-10(2)11(3)8-9-12-4/h10-11H,5-9H2,1-4H3. The molecular weight excluding hydrogens is 143 g/mol. The largest absolute Gasteiger partial charge is 0.105 e. The summed E-state index contributed by atoms with van der Waals surface area (Å²) in [7, 11) is 2.28. The zero-order valence-corrected chi connectivity index (χ0v) is 9.27. The highest BCUT2D eigenvalue weighted by molar-refractivity contribution is 6.33. The molecule has 1 heteroatoms. The van der Waals surface area contributed by atoms with Crippen LogP contribution in [0, 0.1) is 11.8 Å². The molecule has 0 aliphatic rings. The van der Waals surface area contributed by atoms with Crippen molar-refractivity contribution >= 4 is 7.28 Å². The molecule has 0 aromatic carbocycles. The average molecular weight is 167 g/mol. The van der Waals surface area contributed by atoms with Gasteiger partial charge in [0, 0.05) is 0 Å². The number of rotatable bonds is 7. The van der Waals surface area contributed by atoms with Gasteiger partial charge in [0.1, 0.15) is 7.28 Å². The van der Waals surface area contributed by atoms with Gasteiger partial charge in [-0.2, -0.15) is 0 Å². The summed E-state index contributed by atoms with van der Waals surface area (Å²) < 4.78 is 0. The third-order valence-electron chi connectivity index (χ3n) is 2.90. The van der Waals surface area contributed by atoms with E-state index in [0.29, 0.717) is 0 Å². The minimum atomic E-state index is 0.910. The third kappa shape index (κ3) is 5.68. The molecule has 0 rings (SSSR count). The molecule has 0 fully saturated rings. The topological polar surface area (TPSA) is 0 Å². The molecule has 0 aliphatic carbocycles. The van der Waals surface area contributed by atoms with Crippen molar-refractivity contribution in [1.82, 2.24) is 0 Å². The van der Waals surface area contributed by atoms with Gasteiger partial charge in [-0.05, 0) is 11.8 Å². The lowest BCUT2D eigenvalue weighted by molar-refractivity contribution is 0.346. The van der Waals surface area contributed by atoms with Crippen LogP contribution >= 0.6 is 0 Å². The minimum absolute atomic E-state index is 0.910. The summed E-state index contributed by atoms with van der Waals surface area (Å²) in [6, 6.07) is 0. The van der Waals surface area contributed by atoms with Crippen LogP contribution in [0.1, 0.15) is 46.5 Å². The summed E-state index contributed by atoms with van der Waals surface area (Å²) in [5.41, 5.74) is 0. The Morgan fingerprint density at radius 1 is 1.08 bits per heavy atom. The van der Waals surface area contributed by atoms with Gasteiger partial charge in [0.15, 0.2) is 0 Å². The Morgan fingerprint density at radius 2 is 1.67 bits per heavy atom. The second-order valence-corrected chi connectivity index (χ2v) is 4.08. The fourth-order valence-electron chi connectivity index (χ4n) is 1.52. The van der Waals surface area contributed by atoms with Gasteiger partial charge >= 0.3 is 0 Å². The molecule has 0 aliphatic heterocycles. The van der Waals surface area contributed by atoms with E-state index in [2.05, 4.69) is 34.9 Å². The molecule has 12 heavy (non-hydrogen) atoms. The molecular formula is C11H24B. The van der Waals surface area contributed by atoms with Gasteiger partial charge < -0.3 is 0 Å². The highest BCUT2D eigenvalue weighted by Gasteiger charge is 2.10. The summed E-state index contributed by atoms with van der Waals surface area (Å²) >= 11 is 0. The molecule has 0 aromatic rings. The SMILES string of the molecule is C[B]CCC(C)C(C)CCCC. The van der Waals surface area contributed by atoms with Gasteiger partial charge in [-0.3, -0.25) is 0 Å². The quantitative estimate of drug-likeness (QED) is 0.502. The first kappa shape index (κ1) is 12.1. The van der Waals surface area contributed by atoms with E-state index in [4.69, 9.17) is 0 Å². The van der Waals surface area contributed by atoms with E-state index >= 15 is 0 Å². The lowest BCUT2D eigenvalue weighted by atomic mass is 9.73. The zero-order valence-electron chi connectivity index (χ0n) is 9.27. The molecule has 2 unspecified atom stereocenters. The second-order valence-electron chi connectivity index (χ2n) is 4.08. The van der Waals surface area contributed by atoms with Crippen molar-refractivity contribution in [1.29, 1.82) is 0 Å². The summed E-state index contributed by atoms with van der Waals surface area (Å²) in [6.45, 7) is 9.22. The summed E-state index contributed by atoms with van der Waals surface area (Å²) in [5.74, 6) is 1.83. The fourth-order valence-corrected chi connectivity index (χ4v) is 1.52. The molecule has 0 spiro atoms. The highest BCUT2D eigenvalue weighted by Crippen LogP contribution is 2.21. The highest BCUT2D eigenvalue weighted by atomic mass is 14.1. The first-order chi connectivity index (χ1) is 5.72. The van der Waals surface area contributed by atoms with E-state index < -0.39 is 0 Å². The maximum absolute atomic E-state index is 2.40. The van der Waals surface area contributed by atoms with Crippen molar-refractivity contribution < 1.29 is 0 Å². The van der Waals surface area contributed by atoms with Crippen LogP contribution < -0.4 is 0 Å². The van der Waals surface area contributed by atoms with Gasteiger partial charge in [-0.1, -0.05) is 59.6 Å². The predicted octanol–water partition coefficient (Wildman–Crippen LogP) is 4.01. The molecule has 0 bridgehead atoms. The van der Waals surface area contributed by atoms with Crippen LogP contribution in [0.4, 0.5) is 0 Å². The fraction of sp³-hybridized carbons (Fsp3) is 1.00. The van der Waals surface area contributed by atoms with E-state index in [1.165, 1.54) is 32.0 Å². The summed E-state index contributed by atoms with van der Waals surface area (Å²) in [4.78, 5) is 0. The Bertz CT molecular complexity index is 79.0. The summed E-state index contributed by atoms with van der Waals surface area (Å²) in [5, 5.41) is 0. The van der Waals surface area contributed by atoms with Gasteiger partial charge in [0.25, 0.3) is 0 Å². The minimum Gasteiger partial charge on any atom is -0.0920 e. The predicted molar refractivity (Wildman–Crippen MR) is 58.9 cm³/mol. The molecule has 1 radical (unpaired) electrons. The van der Waals surface area contributed by atoms with Gasteiger partial charge in [-0.25, -0.2) is 0 Å². The van der Waals surface area contributed by atoms with Crippen LogP contribution in [0.5, 0.6) is 0 Å². The van der Waals surface area contributed by atoms with Crippen molar-refractivity contribution in [3.63, 3.8) is 0 Å². The van der Waals surface area contributed by atoms with E-state index in [1.54, 1.807) is 0 Å². The molecule has 71 valence electrons. The Hall–Kier alpha value is 0.0649. The van der Waals surface area contributed by atoms with Crippen LogP contribution in [0.3, 0.4) is 0 Å². The van der Waals surface area contributed by atoms with Crippen molar-refractivity contribution in [2.75, 3.05) is 0 Å². The molecule has 0 N–H and O–H groups in total. The Kier molecular flexibility index (Phi) is 7.74. The number of unbranched alkanes of at least 4 members (excludes halogenated alkanes) is 1. The van der Waals surface area contributed by atoms with Crippen LogP contribution in [0.15, 0.2) is 0 Å². The smallest absolute Gasteiger partial charge is 0.0920 e. The maximum atomic E-state index is 2.40. The van der Waals surface area contributed by atoms with Crippen molar-refractivity contribution in [2.24, 2.45) is 11.8 Å². The van der Waals surface area contributed by atoms with Crippen molar-refractivity contribution in [3.05, 3.63) is 0 Å². The summed E-state index contributed by atoms with van der Waals surface area (Å²) in [6.07, 6.45) is 6.83. The van der Waals surface area contributed by atoms with Crippen molar-refractivity contribution in [3.8, 4) is 0 Å². The normalized spacial score (nSPS) is 15.7. The third-order valence-corrected chi connectivity index (χ3v) is 2.90. The lowest BCUT2D eigenvalue weighted by Crippen LogP contribution is -2.08. The monoisotopic (exact) mass is 167 g/mol. The number of hydrogen-bond acceptors (Lipinski definition) is 0. The Labute approximate surface area is 79.4 Å². The van der Waals surface area contributed by atoms with E-state index in [0.717, 1.165) is 11.8 Å². The van der Waals surface area contributed by atoms with Gasteiger partial charge in [0.05, 0.1) is 0 Å². The first-order valence-electron chi connectivity index (χ1n) is 5.50. The average Bonchev–Trinajstić information content (AvgIpc) is 2.10. The van der Waals surface area contributed by atoms with E-state index in [-0.39, 0.29) is 0 Å². The maximum Gasteiger partial charge on any atom is 0.105 e. The molecule has 0 aromatic heterocycles. The van der Waals surface area contributed by atoms with Crippen molar-refractivity contribution in [2.45, 2.75) is 59.6 Å². The molecule has 0 nitrogen and oxygen atoms in total. The van der Waals surface area contributed by atoms with Crippen LogP contribution in [0.2, 0.25) is 13.1 Å². The molecule has 0 saturated heterocycles. The lowest BCUT2D eigenvalue weighted by Gasteiger charge is -2.19. The zero-order chi connectivity index (χ0) is 9.40. The Morgan fingerprint density at radius 3 is 2.17 bits per heavy atom. The van der Waals surface area contributed by atoms with E-state index in [9.17, 15) is 0 Å². The van der Waals surface area contributed by atoms with Crippen LogP contribution in [0.25, 0.3) is 0 Å². The molecule has 0 saturated carbocycles. The molecule has 2 atom stereocenters. The van der Waals surface area contributed by atoms with Crippen LogP contribution in [-0.4, -0.2) is 7.28 Å². The Balaban J connectivity index is 3.39. The molecule has 0 heterocycles. The van der Waals surface area contributed by atoms with Gasteiger partial charge in [-0.15, -0.1) is 0 Å². The van der Waals surface area contributed by atoms with Crippen LogP contribution in [-0.2, 0) is 0 Å². The molecule has 0 amide bonds. The first-order valence-corrected chi connectivity index (χ1v) is 5.50. The van der Waals surface area contributed by atoms with E-state index in [1.807, 2.05) is 0 Å². The second kappa shape index (κ2) is 7.70.